The minimum Gasteiger partial charge on any atom is -0.390 e. The zero-order valence-electron chi connectivity index (χ0n) is 6.98. The molecule has 6 heteroatoms. The van der Waals surface area contributed by atoms with Crippen LogP contribution in [0, 0.1) is 0 Å². The van der Waals surface area contributed by atoms with Crippen LogP contribution in [0.15, 0.2) is 12.3 Å². The van der Waals surface area contributed by atoms with Gasteiger partial charge in [-0.15, -0.1) is 0 Å². The minimum absolute atomic E-state index is 0.0690. The molecule has 0 saturated carbocycles. The van der Waals surface area contributed by atoms with Gasteiger partial charge in [0, 0.05) is 11.8 Å². The molecule has 0 aliphatic heterocycles. The molecule has 0 fully saturated rings. The number of nitrogens with zero attached hydrogens (tertiary/aromatic N) is 1. The zero-order chi connectivity index (χ0) is 10.8. The number of alkyl halides is 4. The van der Waals surface area contributed by atoms with Gasteiger partial charge in [-0.05, 0) is 6.07 Å². The largest absolute Gasteiger partial charge is 0.417 e. The van der Waals surface area contributed by atoms with E-state index in [2.05, 4.69) is 4.98 Å². The lowest BCUT2D eigenvalue weighted by Crippen LogP contribution is -2.08. The first-order valence-corrected chi connectivity index (χ1v) is 3.71. The highest BCUT2D eigenvalue weighted by Crippen LogP contribution is 2.29. The van der Waals surface area contributed by atoms with E-state index in [1.54, 1.807) is 0 Å². The molecule has 0 amide bonds. The first-order chi connectivity index (χ1) is 6.49. The van der Waals surface area contributed by atoms with Gasteiger partial charge < -0.3 is 5.11 Å². The van der Waals surface area contributed by atoms with Crippen molar-refractivity contribution in [1.29, 1.82) is 0 Å². The second-order valence-electron chi connectivity index (χ2n) is 2.62. The molecule has 14 heavy (non-hydrogen) atoms. The Labute approximate surface area is 77.2 Å². The van der Waals surface area contributed by atoms with Gasteiger partial charge in [-0.25, -0.2) is 4.39 Å². The Morgan fingerprint density at radius 3 is 2.43 bits per heavy atom. The standard InChI is InChI=1S/C8H7F4NO/c9-2-5-1-6(8(10,11)12)3-13-7(5)4-14/h1,3,14H,2,4H2. The lowest BCUT2D eigenvalue weighted by Gasteiger charge is -2.09. The van der Waals surface area contributed by atoms with Crippen LogP contribution >= 0.6 is 0 Å². The molecule has 0 aliphatic carbocycles. The van der Waals surface area contributed by atoms with Crippen molar-refractivity contribution in [1.82, 2.24) is 4.98 Å². The summed E-state index contributed by atoms with van der Waals surface area (Å²) < 4.78 is 48.6. The normalized spacial score (nSPS) is 11.8. The second kappa shape index (κ2) is 3.91. The molecule has 0 bridgehead atoms. The third kappa shape index (κ3) is 2.20. The number of hydrogen-bond acceptors (Lipinski definition) is 2. The summed E-state index contributed by atoms with van der Waals surface area (Å²) in [6, 6.07) is 0.651. The van der Waals surface area contributed by atoms with Gasteiger partial charge in [0.25, 0.3) is 0 Å². The van der Waals surface area contributed by atoms with Gasteiger partial charge in [-0.1, -0.05) is 0 Å². The smallest absolute Gasteiger partial charge is 0.390 e. The van der Waals surface area contributed by atoms with E-state index < -0.39 is 25.0 Å². The van der Waals surface area contributed by atoms with E-state index in [1.807, 2.05) is 0 Å². The molecular weight excluding hydrogens is 202 g/mol. The molecule has 1 aromatic heterocycles. The Kier molecular flexibility index (Phi) is 3.05. The van der Waals surface area contributed by atoms with Crippen molar-refractivity contribution in [3.63, 3.8) is 0 Å². The Morgan fingerprint density at radius 1 is 1.36 bits per heavy atom. The van der Waals surface area contributed by atoms with Crippen LogP contribution in [0.3, 0.4) is 0 Å². The van der Waals surface area contributed by atoms with Crippen molar-refractivity contribution in [2.24, 2.45) is 0 Å². The Hall–Kier alpha value is -1.17. The molecule has 78 valence electrons. The number of pyridine rings is 1. The third-order valence-corrected chi connectivity index (χ3v) is 1.68. The van der Waals surface area contributed by atoms with Crippen LogP contribution in [0.2, 0.25) is 0 Å². The molecular formula is C8H7F4NO. The van der Waals surface area contributed by atoms with Crippen LogP contribution in [0.4, 0.5) is 17.6 Å². The molecule has 0 radical (unpaired) electrons. The maximum absolute atomic E-state index is 12.2. The predicted molar refractivity (Wildman–Crippen MR) is 40.0 cm³/mol. The maximum Gasteiger partial charge on any atom is 0.417 e. The van der Waals surface area contributed by atoms with E-state index >= 15 is 0 Å². The average Bonchev–Trinajstić information content (AvgIpc) is 2.15. The molecule has 1 aromatic rings. The SMILES string of the molecule is OCc1ncc(C(F)(F)F)cc1CF. The van der Waals surface area contributed by atoms with Crippen LogP contribution in [-0.2, 0) is 19.5 Å². The third-order valence-electron chi connectivity index (χ3n) is 1.68. The predicted octanol–water partition coefficient (Wildman–Crippen LogP) is 2.06. The summed E-state index contributed by atoms with van der Waals surface area (Å²) in [5, 5.41) is 8.63. The van der Waals surface area contributed by atoms with Gasteiger partial charge in [-0.2, -0.15) is 13.2 Å². The van der Waals surface area contributed by atoms with Gasteiger partial charge in [0.2, 0.25) is 0 Å². The average molecular weight is 209 g/mol. The minimum atomic E-state index is -4.54. The van der Waals surface area contributed by atoms with E-state index in [9.17, 15) is 17.6 Å². The number of aliphatic hydroxyl groups excluding tert-OH is 1. The first kappa shape index (κ1) is 10.9. The van der Waals surface area contributed by atoms with E-state index in [1.165, 1.54) is 0 Å². The van der Waals surface area contributed by atoms with Crippen molar-refractivity contribution in [2.45, 2.75) is 19.5 Å². The number of rotatable bonds is 2. The summed E-state index contributed by atoms with van der Waals surface area (Å²) in [4.78, 5) is 3.32. The van der Waals surface area contributed by atoms with E-state index in [0.29, 0.717) is 12.3 Å². The topological polar surface area (TPSA) is 33.1 Å². The molecule has 1 N–H and O–H groups in total. The van der Waals surface area contributed by atoms with Gasteiger partial charge in [-0.3, -0.25) is 4.98 Å². The van der Waals surface area contributed by atoms with Crippen LogP contribution in [0.1, 0.15) is 16.8 Å². The summed E-state index contributed by atoms with van der Waals surface area (Å²) in [5.41, 5.74) is -1.31. The van der Waals surface area contributed by atoms with Gasteiger partial charge >= 0.3 is 6.18 Å². The zero-order valence-corrected chi connectivity index (χ0v) is 6.98. The fraction of sp³-hybridized carbons (Fsp3) is 0.375. The first-order valence-electron chi connectivity index (χ1n) is 3.71. The Morgan fingerprint density at radius 2 is 2.00 bits per heavy atom. The molecule has 0 spiro atoms. The highest BCUT2D eigenvalue weighted by atomic mass is 19.4. The van der Waals surface area contributed by atoms with Gasteiger partial charge in [0.05, 0.1) is 17.9 Å². The monoisotopic (exact) mass is 209 g/mol. The van der Waals surface area contributed by atoms with Gasteiger partial charge in [0.15, 0.2) is 0 Å². The number of hydrogen-bond donors (Lipinski definition) is 1. The van der Waals surface area contributed by atoms with Gasteiger partial charge in [0.1, 0.15) is 6.67 Å². The number of aliphatic hydroxyl groups is 1. The molecule has 1 rings (SSSR count). The number of halogens is 4. The summed E-state index contributed by atoms with van der Waals surface area (Å²) in [7, 11) is 0. The summed E-state index contributed by atoms with van der Waals surface area (Å²) in [6.45, 7) is -1.65. The Balaban J connectivity index is 3.14. The maximum atomic E-state index is 12.2. The molecule has 0 aliphatic rings. The van der Waals surface area contributed by atoms with E-state index in [-0.39, 0.29) is 11.3 Å². The fourth-order valence-corrected chi connectivity index (χ4v) is 0.952. The number of aromatic nitrogens is 1. The summed E-state index contributed by atoms with van der Waals surface area (Å²) >= 11 is 0. The molecule has 0 saturated heterocycles. The highest BCUT2D eigenvalue weighted by molar-refractivity contribution is 5.26. The van der Waals surface area contributed by atoms with Crippen molar-refractivity contribution >= 4 is 0 Å². The Bertz CT molecular complexity index is 324. The molecule has 1 heterocycles. The van der Waals surface area contributed by atoms with E-state index in [4.69, 9.17) is 5.11 Å². The van der Waals surface area contributed by atoms with E-state index in [0.717, 1.165) is 0 Å². The van der Waals surface area contributed by atoms with Crippen molar-refractivity contribution in [3.05, 3.63) is 29.1 Å². The van der Waals surface area contributed by atoms with Crippen LogP contribution < -0.4 is 0 Å². The summed E-state index contributed by atoms with van der Waals surface area (Å²) in [5.74, 6) is 0. The van der Waals surface area contributed by atoms with Crippen molar-refractivity contribution in [3.8, 4) is 0 Å². The lowest BCUT2D eigenvalue weighted by atomic mass is 10.1. The van der Waals surface area contributed by atoms with Crippen molar-refractivity contribution < 1.29 is 22.7 Å². The van der Waals surface area contributed by atoms with Crippen molar-refractivity contribution in [2.75, 3.05) is 0 Å². The highest BCUT2D eigenvalue weighted by Gasteiger charge is 2.31. The molecule has 0 unspecified atom stereocenters. The lowest BCUT2D eigenvalue weighted by molar-refractivity contribution is -0.137. The molecule has 0 aromatic carbocycles. The fourth-order valence-electron chi connectivity index (χ4n) is 0.952. The molecule has 2 nitrogen and oxygen atoms in total. The van der Waals surface area contributed by atoms with Crippen LogP contribution in [-0.4, -0.2) is 10.1 Å². The second-order valence-corrected chi connectivity index (χ2v) is 2.62. The molecule has 0 atom stereocenters. The van der Waals surface area contributed by atoms with Crippen LogP contribution in [0.25, 0.3) is 0 Å². The van der Waals surface area contributed by atoms with Crippen LogP contribution in [0.5, 0.6) is 0 Å². The summed E-state index contributed by atoms with van der Waals surface area (Å²) in [6.07, 6.45) is -3.96. The quantitative estimate of drug-likeness (QED) is 0.756.